The molecule has 0 aromatic carbocycles. The first-order valence-corrected chi connectivity index (χ1v) is 7.37. The van der Waals surface area contributed by atoms with Gasteiger partial charge in [-0.05, 0) is 43.1 Å². The number of aromatic nitrogens is 2. The van der Waals surface area contributed by atoms with Crippen molar-refractivity contribution in [2.24, 2.45) is 11.7 Å². The fraction of sp³-hybridized carbons (Fsp3) is 0.750. The van der Waals surface area contributed by atoms with Crippen molar-refractivity contribution >= 4 is 11.8 Å². The molecule has 0 spiro atoms. The van der Waals surface area contributed by atoms with E-state index in [1.54, 1.807) is 0 Å². The van der Waals surface area contributed by atoms with Crippen LogP contribution in [0, 0.1) is 5.92 Å². The molecule has 3 heterocycles. The summed E-state index contributed by atoms with van der Waals surface area (Å²) in [4.78, 5) is 4.72. The molecule has 0 saturated carbocycles. The first-order chi connectivity index (χ1) is 7.83. The standard InChI is InChI=1S/C12H19N3S/c13-11-2-1-4-15-7-10(14-12(11)15)6-9-3-5-16-8-9/h7,9,11H,1-6,8,13H2. The van der Waals surface area contributed by atoms with Crippen LogP contribution in [0.1, 0.15) is 36.8 Å². The van der Waals surface area contributed by atoms with Crippen molar-refractivity contribution in [1.29, 1.82) is 0 Å². The largest absolute Gasteiger partial charge is 0.333 e. The van der Waals surface area contributed by atoms with Crippen molar-refractivity contribution in [3.05, 3.63) is 17.7 Å². The average molecular weight is 237 g/mol. The molecule has 2 aliphatic rings. The van der Waals surface area contributed by atoms with Gasteiger partial charge in [-0.15, -0.1) is 0 Å². The number of hydrogen-bond acceptors (Lipinski definition) is 3. The Bertz CT molecular complexity index is 368. The zero-order valence-corrected chi connectivity index (χ0v) is 10.4. The second-order valence-corrected chi connectivity index (χ2v) is 6.12. The molecule has 4 heteroatoms. The van der Waals surface area contributed by atoms with Crippen LogP contribution in [0.4, 0.5) is 0 Å². The van der Waals surface area contributed by atoms with E-state index < -0.39 is 0 Å². The lowest BCUT2D eigenvalue weighted by Crippen LogP contribution is -2.21. The lowest BCUT2D eigenvalue weighted by molar-refractivity contribution is 0.451. The van der Waals surface area contributed by atoms with Crippen LogP contribution in [-0.4, -0.2) is 21.1 Å². The van der Waals surface area contributed by atoms with Gasteiger partial charge in [-0.25, -0.2) is 4.98 Å². The molecule has 0 bridgehead atoms. The molecule has 3 rings (SSSR count). The van der Waals surface area contributed by atoms with Gasteiger partial charge in [0.2, 0.25) is 0 Å². The number of nitrogens with zero attached hydrogens (tertiary/aromatic N) is 2. The molecule has 0 aliphatic carbocycles. The molecule has 1 saturated heterocycles. The SMILES string of the molecule is NC1CCCn2cc(CC3CCSC3)nc21. The highest BCUT2D eigenvalue weighted by Crippen LogP contribution is 2.28. The molecule has 1 aromatic heterocycles. The molecule has 0 amide bonds. The Labute approximate surface area is 101 Å². The summed E-state index contributed by atoms with van der Waals surface area (Å²) < 4.78 is 2.27. The minimum atomic E-state index is 0.167. The zero-order chi connectivity index (χ0) is 11.0. The summed E-state index contributed by atoms with van der Waals surface area (Å²) in [6.07, 6.45) is 7.04. The van der Waals surface area contributed by atoms with E-state index in [2.05, 4.69) is 22.5 Å². The van der Waals surface area contributed by atoms with Gasteiger partial charge < -0.3 is 10.3 Å². The second kappa shape index (κ2) is 4.41. The summed E-state index contributed by atoms with van der Waals surface area (Å²) in [5, 5.41) is 0. The lowest BCUT2D eigenvalue weighted by Gasteiger charge is -2.19. The van der Waals surface area contributed by atoms with Gasteiger partial charge >= 0.3 is 0 Å². The molecular weight excluding hydrogens is 218 g/mol. The molecule has 16 heavy (non-hydrogen) atoms. The molecule has 3 nitrogen and oxygen atoms in total. The van der Waals surface area contributed by atoms with Gasteiger partial charge in [0.05, 0.1) is 11.7 Å². The predicted octanol–water partition coefficient (Wildman–Crippen LogP) is 1.97. The van der Waals surface area contributed by atoms with Crippen molar-refractivity contribution in [2.75, 3.05) is 11.5 Å². The number of thioether (sulfide) groups is 1. The van der Waals surface area contributed by atoms with Gasteiger partial charge in [0.25, 0.3) is 0 Å². The number of aryl methyl sites for hydroxylation is 1. The number of nitrogens with two attached hydrogens (primary N) is 1. The van der Waals surface area contributed by atoms with Crippen molar-refractivity contribution in [3.63, 3.8) is 0 Å². The van der Waals surface area contributed by atoms with Gasteiger partial charge in [-0.3, -0.25) is 0 Å². The van der Waals surface area contributed by atoms with Crippen LogP contribution in [0.5, 0.6) is 0 Å². The van der Waals surface area contributed by atoms with Crippen LogP contribution in [0.3, 0.4) is 0 Å². The Kier molecular flexibility index (Phi) is 2.94. The van der Waals surface area contributed by atoms with Crippen molar-refractivity contribution in [3.8, 4) is 0 Å². The van der Waals surface area contributed by atoms with Gasteiger partial charge in [0.1, 0.15) is 5.82 Å². The van der Waals surface area contributed by atoms with Crippen molar-refractivity contribution in [2.45, 2.75) is 38.3 Å². The fourth-order valence-corrected chi connectivity index (χ4v) is 3.99. The first-order valence-electron chi connectivity index (χ1n) is 6.22. The minimum Gasteiger partial charge on any atom is -0.333 e. The Balaban J connectivity index is 1.75. The number of hydrogen-bond donors (Lipinski definition) is 1. The molecule has 2 N–H and O–H groups in total. The van der Waals surface area contributed by atoms with Gasteiger partial charge in [0, 0.05) is 12.7 Å². The van der Waals surface area contributed by atoms with Crippen LogP contribution < -0.4 is 5.73 Å². The van der Waals surface area contributed by atoms with E-state index in [0.29, 0.717) is 0 Å². The molecule has 88 valence electrons. The Morgan fingerprint density at radius 3 is 3.19 bits per heavy atom. The summed E-state index contributed by atoms with van der Waals surface area (Å²) in [6, 6.07) is 0.167. The summed E-state index contributed by atoms with van der Waals surface area (Å²) in [5.74, 6) is 4.61. The maximum atomic E-state index is 6.08. The van der Waals surface area contributed by atoms with Crippen LogP contribution in [0.15, 0.2) is 6.20 Å². The smallest absolute Gasteiger partial charge is 0.125 e. The molecule has 2 aliphatic heterocycles. The Morgan fingerprint density at radius 1 is 1.50 bits per heavy atom. The van der Waals surface area contributed by atoms with E-state index in [0.717, 1.165) is 31.1 Å². The topological polar surface area (TPSA) is 43.8 Å². The molecule has 1 aromatic rings. The predicted molar refractivity (Wildman–Crippen MR) is 67.5 cm³/mol. The van der Waals surface area contributed by atoms with Crippen LogP contribution >= 0.6 is 11.8 Å². The van der Waals surface area contributed by atoms with Gasteiger partial charge in [-0.2, -0.15) is 11.8 Å². The Hall–Kier alpha value is -0.480. The normalized spacial score (nSPS) is 29.3. The van der Waals surface area contributed by atoms with E-state index in [9.17, 15) is 0 Å². The number of imidazole rings is 1. The third-order valence-electron chi connectivity index (χ3n) is 3.62. The third-order valence-corrected chi connectivity index (χ3v) is 4.86. The average Bonchev–Trinajstić information content (AvgIpc) is 2.88. The third kappa shape index (κ3) is 2.00. The first kappa shape index (κ1) is 10.7. The maximum absolute atomic E-state index is 6.08. The van der Waals surface area contributed by atoms with Crippen molar-refractivity contribution in [1.82, 2.24) is 9.55 Å². The summed E-state index contributed by atoms with van der Waals surface area (Å²) in [7, 11) is 0. The van der Waals surface area contributed by atoms with E-state index in [1.165, 1.54) is 30.0 Å². The lowest BCUT2D eigenvalue weighted by atomic mass is 10.0. The quantitative estimate of drug-likeness (QED) is 0.855. The van der Waals surface area contributed by atoms with Crippen molar-refractivity contribution < 1.29 is 0 Å². The maximum Gasteiger partial charge on any atom is 0.125 e. The van der Waals surface area contributed by atoms with Crippen LogP contribution in [0.25, 0.3) is 0 Å². The minimum absolute atomic E-state index is 0.167. The van der Waals surface area contributed by atoms with E-state index in [4.69, 9.17) is 10.7 Å². The summed E-state index contributed by atoms with van der Waals surface area (Å²) in [6.45, 7) is 1.11. The van der Waals surface area contributed by atoms with Crippen LogP contribution in [-0.2, 0) is 13.0 Å². The number of fused-ring (bicyclic) bond motifs is 1. The molecule has 2 atom stereocenters. The van der Waals surface area contributed by atoms with E-state index in [-0.39, 0.29) is 6.04 Å². The monoisotopic (exact) mass is 237 g/mol. The van der Waals surface area contributed by atoms with E-state index in [1.807, 2.05) is 0 Å². The summed E-state index contributed by atoms with van der Waals surface area (Å²) >= 11 is 2.08. The molecule has 1 fully saturated rings. The van der Waals surface area contributed by atoms with Crippen LogP contribution in [0.2, 0.25) is 0 Å². The zero-order valence-electron chi connectivity index (χ0n) is 9.56. The summed E-state index contributed by atoms with van der Waals surface area (Å²) in [5.41, 5.74) is 7.34. The van der Waals surface area contributed by atoms with Gasteiger partial charge in [-0.1, -0.05) is 0 Å². The highest BCUT2D eigenvalue weighted by molar-refractivity contribution is 7.99. The molecule has 0 radical (unpaired) electrons. The highest BCUT2D eigenvalue weighted by Gasteiger charge is 2.22. The molecule has 2 unspecified atom stereocenters. The second-order valence-electron chi connectivity index (χ2n) is 4.97. The Morgan fingerprint density at radius 2 is 2.44 bits per heavy atom. The molecular formula is C12H19N3S. The van der Waals surface area contributed by atoms with E-state index >= 15 is 0 Å². The number of rotatable bonds is 2. The highest BCUT2D eigenvalue weighted by atomic mass is 32.2. The van der Waals surface area contributed by atoms with Gasteiger partial charge in [0.15, 0.2) is 0 Å². The fourth-order valence-electron chi connectivity index (χ4n) is 2.71.